The molecule has 5 heteroatoms. The van der Waals surface area contributed by atoms with Gasteiger partial charge in [0.15, 0.2) is 0 Å². The molecule has 0 aliphatic carbocycles. The van der Waals surface area contributed by atoms with Crippen molar-refractivity contribution in [2.75, 3.05) is 44.4 Å². The van der Waals surface area contributed by atoms with Gasteiger partial charge in [0.2, 0.25) is 0 Å². The lowest BCUT2D eigenvalue weighted by Gasteiger charge is -2.34. The normalized spacial score (nSPS) is 15.2. The van der Waals surface area contributed by atoms with Crippen LogP contribution in [-0.2, 0) is 6.54 Å². The van der Waals surface area contributed by atoms with E-state index in [1.165, 1.54) is 5.69 Å². The Labute approximate surface area is 154 Å². The number of benzene rings is 2. The minimum absolute atomic E-state index is 0.0203. The van der Waals surface area contributed by atoms with Gasteiger partial charge in [-0.25, -0.2) is 0 Å². The van der Waals surface area contributed by atoms with Gasteiger partial charge in [-0.1, -0.05) is 24.3 Å². The van der Waals surface area contributed by atoms with Crippen LogP contribution in [0.5, 0.6) is 0 Å². The molecule has 0 saturated carbocycles. The molecule has 0 bridgehead atoms. The fourth-order valence-corrected chi connectivity index (χ4v) is 3.59. The van der Waals surface area contributed by atoms with Crippen molar-refractivity contribution in [3.8, 4) is 0 Å². The van der Waals surface area contributed by atoms with Crippen LogP contribution in [0.4, 0.5) is 5.69 Å². The molecule has 2 aromatic carbocycles. The molecule has 1 aliphatic heterocycles. The molecule has 0 unspecified atom stereocenters. The van der Waals surface area contributed by atoms with E-state index in [-0.39, 0.29) is 5.91 Å². The van der Waals surface area contributed by atoms with Crippen molar-refractivity contribution < 1.29 is 4.79 Å². The summed E-state index contributed by atoms with van der Waals surface area (Å²) >= 11 is 1.59. The van der Waals surface area contributed by atoms with E-state index < -0.39 is 0 Å². The summed E-state index contributed by atoms with van der Waals surface area (Å²) in [6.07, 6.45) is 1.99. The van der Waals surface area contributed by atoms with E-state index in [2.05, 4.69) is 46.4 Å². The predicted octanol–water partition coefficient (Wildman–Crippen LogP) is 3.09. The Balaban J connectivity index is 1.57. The van der Waals surface area contributed by atoms with E-state index >= 15 is 0 Å². The summed E-state index contributed by atoms with van der Waals surface area (Å²) < 4.78 is 0. The van der Waals surface area contributed by atoms with Gasteiger partial charge in [0.25, 0.3) is 5.91 Å². The minimum atomic E-state index is -0.0203. The maximum atomic E-state index is 12.4. The highest BCUT2D eigenvalue weighted by Crippen LogP contribution is 2.20. The largest absolute Gasteiger partial charge is 0.369 e. The summed E-state index contributed by atoms with van der Waals surface area (Å²) in [4.78, 5) is 18.2. The van der Waals surface area contributed by atoms with Crippen molar-refractivity contribution in [1.82, 2.24) is 10.2 Å². The van der Waals surface area contributed by atoms with Gasteiger partial charge in [0, 0.05) is 43.3 Å². The van der Waals surface area contributed by atoms with E-state index in [1.54, 1.807) is 11.8 Å². The zero-order chi connectivity index (χ0) is 17.6. The van der Waals surface area contributed by atoms with Crippen molar-refractivity contribution >= 4 is 23.4 Å². The van der Waals surface area contributed by atoms with Gasteiger partial charge >= 0.3 is 0 Å². The molecule has 0 radical (unpaired) electrons. The standard InChI is InChI=1S/C20H25N3OS/c1-22-11-13-23(14-12-22)17-9-7-16(8-10-17)15-21-20(24)18-5-3-4-6-19(18)25-2/h3-10H,11-15H2,1-2H3,(H,21,24). The van der Waals surface area contributed by atoms with Gasteiger partial charge in [0.1, 0.15) is 0 Å². The van der Waals surface area contributed by atoms with E-state index in [9.17, 15) is 4.79 Å². The second kappa shape index (κ2) is 8.41. The first-order valence-electron chi connectivity index (χ1n) is 8.61. The second-order valence-electron chi connectivity index (χ2n) is 6.34. The van der Waals surface area contributed by atoms with Crippen LogP contribution < -0.4 is 10.2 Å². The number of carbonyl (C=O) groups excluding carboxylic acids is 1. The van der Waals surface area contributed by atoms with Crippen molar-refractivity contribution in [3.05, 3.63) is 59.7 Å². The maximum absolute atomic E-state index is 12.4. The van der Waals surface area contributed by atoms with Gasteiger partial charge < -0.3 is 15.1 Å². The minimum Gasteiger partial charge on any atom is -0.369 e. The molecule has 0 atom stereocenters. The van der Waals surface area contributed by atoms with Crippen molar-refractivity contribution in [3.63, 3.8) is 0 Å². The topological polar surface area (TPSA) is 35.6 Å². The molecule has 1 heterocycles. The lowest BCUT2D eigenvalue weighted by atomic mass is 10.1. The quantitative estimate of drug-likeness (QED) is 0.836. The third kappa shape index (κ3) is 4.55. The summed E-state index contributed by atoms with van der Waals surface area (Å²) in [7, 11) is 2.16. The van der Waals surface area contributed by atoms with Gasteiger partial charge in [-0.2, -0.15) is 0 Å². The van der Waals surface area contributed by atoms with Crippen LogP contribution in [0.25, 0.3) is 0 Å². The van der Waals surface area contributed by atoms with Crippen LogP contribution in [0, 0.1) is 0 Å². The van der Waals surface area contributed by atoms with Gasteiger partial charge in [-0.3, -0.25) is 4.79 Å². The molecule has 3 rings (SSSR count). The molecule has 0 aromatic heterocycles. The number of rotatable bonds is 5. The molecular formula is C20H25N3OS. The van der Waals surface area contributed by atoms with E-state index in [0.717, 1.165) is 42.2 Å². The monoisotopic (exact) mass is 355 g/mol. The molecule has 1 saturated heterocycles. The van der Waals surface area contributed by atoms with Gasteiger partial charge in [0.05, 0.1) is 5.56 Å². The second-order valence-corrected chi connectivity index (χ2v) is 7.19. The Morgan fingerprint density at radius 3 is 2.40 bits per heavy atom. The highest BCUT2D eigenvalue weighted by molar-refractivity contribution is 7.98. The predicted molar refractivity (Wildman–Crippen MR) is 106 cm³/mol. The number of nitrogens with one attached hydrogen (secondary N) is 1. The molecule has 1 amide bonds. The van der Waals surface area contributed by atoms with Crippen molar-refractivity contribution in [1.29, 1.82) is 0 Å². The Bertz CT molecular complexity index is 709. The molecule has 4 nitrogen and oxygen atoms in total. The average Bonchev–Trinajstić information content (AvgIpc) is 2.67. The first kappa shape index (κ1) is 17.8. The fraction of sp³-hybridized carbons (Fsp3) is 0.350. The number of anilines is 1. The smallest absolute Gasteiger partial charge is 0.252 e. The van der Waals surface area contributed by atoms with Crippen LogP contribution in [-0.4, -0.2) is 50.3 Å². The van der Waals surface area contributed by atoms with E-state index in [1.807, 2.05) is 30.5 Å². The molecule has 132 valence electrons. The number of nitrogens with zero attached hydrogens (tertiary/aromatic N) is 2. The molecule has 1 fully saturated rings. The zero-order valence-corrected chi connectivity index (χ0v) is 15.7. The highest BCUT2D eigenvalue weighted by atomic mass is 32.2. The summed E-state index contributed by atoms with van der Waals surface area (Å²) in [5, 5.41) is 3.02. The molecule has 2 aromatic rings. The molecule has 1 aliphatic rings. The summed E-state index contributed by atoms with van der Waals surface area (Å²) in [5.41, 5.74) is 3.12. The summed E-state index contributed by atoms with van der Waals surface area (Å²) in [5.74, 6) is -0.0203. The number of carbonyl (C=O) groups is 1. The third-order valence-corrected chi connectivity index (χ3v) is 5.41. The Kier molecular flexibility index (Phi) is 6.00. The van der Waals surface area contributed by atoms with Crippen LogP contribution in [0.2, 0.25) is 0 Å². The van der Waals surface area contributed by atoms with Crippen molar-refractivity contribution in [2.24, 2.45) is 0 Å². The fourth-order valence-electron chi connectivity index (χ4n) is 3.00. The number of piperazine rings is 1. The van der Waals surface area contributed by atoms with Gasteiger partial charge in [-0.05, 0) is 43.1 Å². The Hall–Kier alpha value is -1.98. The highest BCUT2D eigenvalue weighted by Gasteiger charge is 2.14. The van der Waals surface area contributed by atoms with Crippen LogP contribution in [0.3, 0.4) is 0 Å². The first-order chi connectivity index (χ1) is 12.2. The lowest BCUT2D eigenvalue weighted by molar-refractivity contribution is 0.0948. The maximum Gasteiger partial charge on any atom is 0.252 e. The van der Waals surface area contributed by atoms with Gasteiger partial charge in [-0.15, -0.1) is 11.8 Å². The number of thioether (sulfide) groups is 1. The molecular weight excluding hydrogens is 330 g/mol. The number of amides is 1. The average molecular weight is 356 g/mol. The SMILES string of the molecule is CSc1ccccc1C(=O)NCc1ccc(N2CCN(C)CC2)cc1. The first-order valence-corrected chi connectivity index (χ1v) is 9.83. The number of hydrogen-bond donors (Lipinski definition) is 1. The molecule has 25 heavy (non-hydrogen) atoms. The Morgan fingerprint density at radius 2 is 1.72 bits per heavy atom. The van der Waals surface area contributed by atoms with E-state index in [4.69, 9.17) is 0 Å². The van der Waals surface area contributed by atoms with Crippen molar-refractivity contribution in [2.45, 2.75) is 11.4 Å². The van der Waals surface area contributed by atoms with E-state index in [0.29, 0.717) is 6.54 Å². The molecule has 0 spiro atoms. The van der Waals surface area contributed by atoms with Crippen LogP contribution in [0.1, 0.15) is 15.9 Å². The van der Waals surface area contributed by atoms with Crippen LogP contribution in [0.15, 0.2) is 53.4 Å². The lowest BCUT2D eigenvalue weighted by Crippen LogP contribution is -2.44. The summed E-state index contributed by atoms with van der Waals surface area (Å²) in [6, 6.07) is 16.2. The third-order valence-electron chi connectivity index (χ3n) is 4.61. The zero-order valence-electron chi connectivity index (χ0n) is 14.9. The number of hydrogen-bond acceptors (Lipinski definition) is 4. The summed E-state index contributed by atoms with van der Waals surface area (Å²) in [6.45, 7) is 4.89. The Morgan fingerprint density at radius 1 is 1.04 bits per heavy atom. The molecule has 1 N–H and O–H groups in total. The number of likely N-dealkylation sites (N-methyl/N-ethyl adjacent to an activating group) is 1. The van der Waals surface area contributed by atoms with Crippen LogP contribution >= 0.6 is 11.8 Å².